The van der Waals surface area contributed by atoms with E-state index in [1.807, 2.05) is 23.0 Å². The quantitative estimate of drug-likeness (QED) is 0.706. The summed E-state index contributed by atoms with van der Waals surface area (Å²) < 4.78 is 4.60. The van der Waals surface area contributed by atoms with E-state index in [9.17, 15) is 0 Å². The van der Waals surface area contributed by atoms with E-state index >= 15 is 0 Å². The molecule has 3 aromatic rings. The summed E-state index contributed by atoms with van der Waals surface area (Å²) in [6.07, 6.45) is 9.03. The molecule has 98 valence electrons. The molecule has 0 aromatic carbocycles. The van der Waals surface area contributed by atoms with Crippen LogP contribution >= 0.6 is 15.9 Å². The van der Waals surface area contributed by atoms with Gasteiger partial charge in [-0.15, -0.1) is 5.10 Å². The fourth-order valence-corrected chi connectivity index (χ4v) is 2.12. The van der Waals surface area contributed by atoms with Crippen molar-refractivity contribution in [2.75, 3.05) is 6.54 Å². The Morgan fingerprint density at radius 3 is 3.05 bits per heavy atom. The van der Waals surface area contributed by atoms with Crippen LogP contribution in [0.25, 0.3) is 5.65 Å². The number of imidazole rings is 1. The van der Waals surface area contributed by atoms with Gasteiger partial charge in [0, 0.05) is 25.5 Å². The summed E-state index contributed by atoms with van der Waals surface area (Å²) in [5.74, 6) is 0. The highest BCUT2D eigenvalue weighted by atomic mass is 79.9. The van der Waals surface area contributed by atoms with Crippen LogP contribution in [-0.4, -0.2) is 35.9 Å². The van der Waals surface area contributed by atoms with E-state index < -0.39 is 0 Å². The van der Waals surface area contributed by atoms with Crippen LogP contribution in [0.4, 0.5) is 0 Å². The van der Waals surface area contributed by atoms with Crippen molar-refractivity contribution in [3.8, 4) is 0 Å². The molecule has 0 atom stereocenters. The van der Waals surface area contributed by atoms with Crippen LogP contribution in [0.1, 0.15) is 5.69 Å². The maximum absolute atomic E-state index is 4.30. The van der Waals surface area contributed by atoms with Gasteiger partial charge in [-0.3, -0.25) is 9.08 Å². The van der Waals surface area contributed by atoms with Gasteiger partial charge in [-0.2, -0.15) is 0 Å². The molecule has 0 radical (unpaired) electrons. The molecule has 3 rings (SSSR count). The third-order valence-corrected chi connectivity index (χ3v) is 3.15. The van der Waals surface area contributed by atoms with E-state index in [1.54, 1.807) is 17.1 Å². The Labute approximate surface area is 117 Å². The minimum absolute atomic E-state index is 0.742. The summed E-state index contributed by atoms with van der Waals surface area (Å²) in [5, 5.41) is 11.0. The van der Waals surface area contributed by atoms with Gasteiger partial charge >= 0.3 is 0 Å². The van der Waals surface area contributed by atoms with Gasteiger partial charge in [0.25, 0.3) is 0 Å². The second kappa shape index (κ2) is 5.45. The number of hydrogen-bond acceptors (Lipinski definition) is 5. The number of hydrogen-bond donors (Lipinski definition) is 1. The molecule has 3 heterocycles. The lowest BCUT2D eigenvalue weighted by Crippen LogP contribution is -2.20. The number of nitrogens with zero attached hydrogens (tertiary/aromatic N) is 6. The third-order valence-electron chi connectivity index (χ3n) is 2.74. The molecule has 0 spiro atoms. The SMILES string of the molecule is Brc1cn2c(CNCCn3ccnn3)cnc2cn1. The summed E-state index contributed by atoms with van der Waals surface area (Å²) in [7, 11) is 0. The van der Waals surface area contributed by atoms with Gasteiger partial charge in [0.15, 0.2) is 5.65 Å². The van der Waals surface area contributed by atoms with Crippen molar-refractivity contribution in [3.05, 3.63) is 41.3 Å². The molecule has 0 amide bonds. The highest BCUT2D eigenvalue weighted by Gasteiger charge is 2.03. The molecular formula is C11H12BrN7. The molecule has 0 saturated heterocycles. The van der Waals surface area contributed by atoms with Crippen LogP contribution in [0.15, 0.2) is 35.6 Å². The van der Waals surface area contributed by atoms with Crippen LogP contribution in [-0.2, 0) is 13.1 Å². The molecule has 0 aliphatic heterocycles. The monoisotopic (exact) mass is 321 g/mol. The Morgan fingerprint density at radius 2 is 2.21 bits per heavy atom. The van der Waals surface area contributed by atoms with Crippen molar-refractivity contribution in [1.29, 1.82) is 0 Å². The summed E-state index contributed by atoms with van der Waals surface area (Å²) in [5.41, 5.74) is 1.94. The molecule has 0 aliphatic carbocycles. The summed E-state index contributed by atoms with van der Waals surface area (Å²) in [4.78, 5) is 8.45. The predicted molar refractivity (Wildman–Crippen MR) is 72.4 cm³/mol. The molecule has 3 aromatic heterocycles. The van der Waals surface area contributed by atoms with Gasteiger partial charge in [-0.25, -0.2) is 9.97 Å². The second-order valence-corrected chi connectivity index (χ2v) is 4.84. The average Bonchev–Trinajstić information content (AvgIpc) is 3.04. The van der Waals surface area contributed by atoms with Crippen LogP contribution in [0.3, 0.4) is 0 Å². The lowest BCUT2D eigenvalue weighted by molar-refractivity contribution is 0.537. The summed E-state index contributed by atoms with van der Waals surface area (Å²) in [6, 6.07) is 0. The lowest BCUT2D eigenvalue weighted by atomic mass is 10.4. The van der Waals surface area contributed by atoms with Gasteiger partial charge in [0.1, 0.15) is 4.60 Å². The highest BCUT2D eigenvalue weighted by Crippen LogP contribution is 2.10. The number of fused-ring (bicyclic) bond motifs is 1. The largest absolute Gasteiger partial charge is 0.309 e. The van der Waals surface area contributed by atoms with Gasteiger partial charge < -0.3 is 5.32 Å². The van der Waals surface area contributed by atoms with Crippen molar-refractivity contribution >= 4 is 21.6 Å². The van der Waals surface area contributed by atoms with E-state index in [1.165, 1.54) is 0 Å². The minimum atomic E-state index is 0.742. The number of nitrogens with one attached hydrogen (secondary N) is 1. The zero-order valence-electron chi connectivity index (χ0n) is 10.1. The van der Waals surface area contributed by atoms with Gasteiger partial charge in [0.2, 0.25) is 0 Å². The van der Waals surface area contributed by atoms with Crippen molar-refractivity contribution in [1.82, 2.24) is 34.7 Å². The second-order valence-electron chi connectivity index (χ2n) is 4.03. The van der Waals surface area contributed by atoms with Gasteiger partial charge in [-0.1, -0.05) is 5.21 Å². The first-order valence-electron chi connectivity index (χ1n) is 5.85. The molecule has 0 saturated carbocycles. The zero-order valence-corrected chi connectivity index (χ0v) is 11.7. The van der Waals surface area contributed by atoms with Gasteiger partial charge in [-0.05, 0) is 15.9 Å². The smallest absolute Gasteiger partial charge is 0.155 e. The Hall–Kier alpha value is -1.80. The van der Waals surface area contributed by atoms with Gasteiger partial charge in [0.05, 0.1) is 30.8 Å². The summed E-state index contributed by atoms with van der Waals surface area (Å²) in [6.45, 7) is 2.36. The molecule has 0 aliphatic rings. The van der Waals surface area contributed by atoms with E-state index in [4.69, 9.17) is 0 Å². The van der Waals surface area contributed by atoms with Crippen molar-refractivity contribution in [2.24, 2.45) is 0 Å². The maximum atomic E-state index is 4.30. The van der Waals surface area contributed by atoms with Crippen molar-refractivity contribution in [3.63, 3.8) is 0 Å². The highest BCUT2D eigenvalue weighted by molar-refractivity contribution is 9.10. The normalized spacial score (nSPS) is 11.2. The first kappa shape index (κ1) is 12.2. The van der Waals surface area contributed by atoms with E-state index in [-0.39, 0.29) is 0 Å². The van der Waals surface area contributed by atoms with Crippen molar-refractivity contribution in [2.45, 2.75) is 13.1 Å². The number of aromatic nitrogens is 6. The zero-order chi connectivity index (χ0) is 13.1. The first-order chi connectivity index (χ1) is 9.33. The van der Waals surface area contributed by atoms with Crippen LogP contribution < -0.4 is 5.32 Å². The molecule has 0 fully saturated rings. The first-order valence-corrected chi connectivity index (χ1v) is 6.64. The lowest BCUT2D eigenvalue weighted by Gasteiger charge is -2.05. The van der Waals surface area contributed by atoms with Crippen LogP contribution in [0.2, 0.25) is 0 Å². The molecule has 7 nitrogen and oxygen atoms in total. The number of halogens is 1. The molecule has 8 heteroatoms. The van der Waals surface area contributed by atoms with Crippen LogP contribution in [0.5, 0.6) is 0 Å². The Bertz CT molecular complexity index is 661. The van der Waals surface area contributed by atoms with Crippen LogP contribution in [0, 0.1) is 0 Å². The maximum Gasteiger partial charge on any atom is 0.155 e. The Balaban J connectivity index is 1.60. The Morgan fingerprint density at radius 1 is 1.26 bits per heavy atom. The van der Waals surface area contributed by atoms with E-state index in [0.29, 0.717) is 0 Å². The molecule has 0 unspecified atom stereocenters. The van der Waals surface area contributed by atoms with Crippen molar-refractivity contribution < 1.29 is 0 Å². The topological polar surface area (TPSA) is 72.9 Å². The molecule has 1 N–H and O–H groups in total. The molecule has 0 bridgehead atoms. The fraction of sp³-hybridized carbons (Fsp3) is 0.273. The molecular weight excluding hydrogens is 310 g/mol. The van der Waals surface area contributed by atoms with E-state index in [2.05, 4.69) is 41.5 Å². The Kier molecular flexibility index (Phi) is 3.51. The van der Waals surface area contributed by atoms with E-state index in [0.717, 1.165) is 35.6 Å². The predicted octanol–water partition coefficient (Wildman–Crippen LogP) is 0.873. The number of rotatable bonds is 5. The summed E-state index contributed by atoms with van der Waals surface area (Å²) >= 11 is 3.36. The third kappa shape index (κ3) is 2.79. The standard InChI is InChI=1S/C11H12BrN7/c12-10-8-19-9(6-15-11(19)7-14-10)5-13-1-3-18-4-2-16-17-18/h2,4,6-8,13H,1,3,5H2. The average molecular weight is 322 g/mol. The fourth-order valence-electron chi connectivity index (χ4n) is 1.81. The molecule has 19 heavy (non-hydrogen) atoms. The minimum Gasteiger partial charge on any atom is -0.309 e.